The van der Waals surface area contributed by atoms with Gasteiger partial charge in [-0.15, -0.1) is 0 Å². The fourth-order valence-corrected chi connectivity index (χ4v) is 7.70. The van der Waals surface area contributed by atoms with E-state index in [9.17, 15) is 27.5 Å². The molecule has 4 rings (SSSR count). The van der Waals surface area contributed by atoms with Crippen LogP contribution in [0.25, 0.3) is 0 Å². The van der Waals surface area contributed by atoms with Crippen LogP contribution in [0.5, 0.6) is 0 Å². The van der Waals surface area contributed by atoms with Gasteiger partial charge in [-0.1, -0.05) is 42.3 Å². The summed E-state index contributed by atoms with van der Waals surface area (Å²) in [6.07, 6.45) is 1.25. The molecule has 1 N–H and O–H groups in total. The number of rotatable bonds is 9. The number of likely N-dealkylation sites (tertiary alicyclic amines) is 1. The lowest BCUT2D eigenvalue weighted by Crippen LogP contribution is -2.55. The Hall–Kier alpha value is -2.16. The van der Waals surface area contributed by atoms with E-state index in [1.54, 1.807) is 49.1 Å². The molecule has 2 aliphatic rings. The Balaban J connectivity index is 1.82. The number of hydrogen-bond donors (Lipinski definition) is 1. The van der Waals surface area contributed by atoms with Crippen LogP contribution in [-0.2, 0) is 19.4 Å². The molecule has 10 heteroatoms. The summed E-state index contributed by atoms with van der Waals surface area (Å²) in [5, 5.41) is 10.0. The van der Waals surface area contributed by atoms with Gasteiger partial charge in [-0.2, -0.15) is 0 Å². The third kappa shape index (κ3) is 6.13. The van der Waals surface area contributed by atoms with Crippen LogP contribution in [0.1, 0.15) is 69.0 Å². The van der Waals surface area contributed by atoms with E-state index in [1.807, 2.05) is 0 Å². The molecule has 0 radical (unpaired) electrons. The predicted octanol–water partition coefficient (Wildman–Crippen LogP) is 6.03. The van der Waals surface area contributed by atoms with Gasteiger partial charge in [-0.05, 0) is 74.1 Å². The Labute approximate surface area is 226 Å². The summed E-state index contributed by atoms with van der Waals surface area (Å²) >= 11 is 12.3. The molecule has 200 valence electrons. The van der Waals surface area contributed by atoms with E-state index in [1.165, 1.54) is 12.1 Å². The molecular formula is C27H30Cl2FNO5S. The van der Waals surface area contributed by atoms with Crippen LogP contribution in [0.2, 0.25) is 10.0 Å². The van der Waals surface area contributed by atoms with Crippen molar-refractivity contribution in [1.29, 1.82) is 0 Å². The van der Waals surface area contributed by atoms with E-state index < -0.39 is 51.5 Å². The zero-order valence-electron chi connectivity index (χ0n) is 20.7. The minimum atomic E-state index is -3.27. The van der Waals surface area contributed by atoms with Crippen LogP contribution in [0, 0.1) is 11.2 Å². The second-order valence-electron chi connectivity index (χ2n) is 10.6. The molecule has 4 unspecified atom stereocenters. The molecule has 0 spiro atoms. The Morgan fingerprint density at radius 2 is 1.78 bits per heavy atom. The molecule has 1 saturated heterocycles. The highest BCUT2D eigenvalue weighted by Crippen LogP contribution is 2.52. The van der Waals surface area contributed by atoms with Crippen LogP contribution in [0.4, 0.5) is 4.39 Å². The zero-order chi connectivity index (χ0) is 27.1. The molecule has 1 aliphatic heterocycles. The monoisotopic (exact) mass is 569 g/mol. The highest BCUT2D eigenvalue weighted by Gasteiger charge is 2.52. The largest absolute Gasteiger partial charge is 0.481 e. The maximum Gasteiger partial charge on any atom is 0.304 e. The molecule has 6 nitrogen and oxygen atoms in total. The maximum absolute atomic E-state index is 14.5. The summed E-state index contributed by atoms with van der Waals surface area (Å²) in [5.74, 6) is -2.60. The molecule has 0 bridgehead atoms. The van der Waals surface area contributed by atoms with Gasteiger partial charge in [0.1, 0.15) is 5.82 Å². The van der Waals surface area contributed by atoms with E-state index in [0.717, 1.165) is 5.56 Å². The number of carboxylic acid groups (broad SMARTS) is 1. The van der Waals surface area contributed by atoms with Crippen LogP contribution in [0.15, 0.2) is 42.5 Å². The first-order chi connectivity index (χ1) is 17.3. The van der Waals surface area contributed by atoms with Gasteiger partial charge in [0.05, 0.1) is 28.9 Å². The smallest absolute Gasteiger partial charge is 0.304 e. The van der Waals surface area contributed by atoms with Gasteiger partial charge in [0.2, 0.25) is 5.91 Å². The molecular weight excluding hydrogens is 540 g/mol. The quantitative estimate of drug-likeness (QED) is 0.398. The van der Waals surface area contributed by atoms with E-state index in [2.05, 4.69) is 0 Å². The summed E-state index contributed by atoms with van der Waals surface area (Å²) in [5.41, 5.74) is -0.0174. The number of piperidine rings is 1. The van der Waals surface area contributed by atoms with Gasteiger partial charge < -0.3 is 10.0 Å². The minimum Gasteiger partial charge on any atom is -0.481 e. The molecule has 1 saturated carbocycles. The maximum atomic E-state index is 14.5. The number of carbonyl (C=O) groups is 2. The molecule has 1 aliphatic carbocycles. The van der Waals surface area contributed by atoms with Crippen LogP contribution < -0.4 is 0 Å². The number of sulfone groups is 1. The van der Waals surface area contributed by atoms with Gasteiger partial charge in [0.15, 0.2) is 9.84 Å². The van der Waals surface area contributed by atoms with Crippen molar-refractivity contribution in [3.8, 4) is 0 Å². The van der Waals surface area contributed by atoms with Crippen molar-refractivity contribution >= 4 is 44.9 Å². The fraction of sp³-hybridized carbons (Fsp3) is 0.481. The first kappa shape index (κ1) is 27.9. The molecule has 2 aromatic rings. The van der Waals surface area contributed by atoms with Crippen molar-refractivity contribution in [2.75, 3.05) is 5.75 Å². The molecule has 1 heterocycles. The number of benzene rings is 2. The summed E-state index contributed by atoms with van der Waals surface area (Å²) in [7, 11) is -3.27. The summed E-state index contributed by atoms with van der Waals surface area (Å²) in [6, 6.07) is 10.0. The van der Waals surface area contributed by atoms with Crippen molar-refractivity contribution in [2.45, 2.75) is 69.2 Å². The second-order valence-corrected chi connectivity index (χ2v) is 13.8. The average molecular weight is 571 g/mol. The van der Waals surface area contributed by atoms with E-state index in [0.29, 0.717) is 23.4 Å². The Morgan fingerprint density at radius 3 is 2.35 bits per heavy atom. The summed E-state index contributed by atoms with van der Waals surface area (Å²) < 4.78 is 39.8. The van der Waals surface area contributed by atoms with Crippen molar-refractivity contribution in [1.82, 2.24) is 4.90 Å². The molecule has 37 heavy (non-hydrogen) atoms. The lowest BCUT2D eigenvalue weighted by Gasteiger charge is -2.51. The van der Waals surface area contributed by atoms with E-state index in [-0.39, 0.29) is 34.8 Å². The molecule has 2 fully saturated rings. The fourth-order valence-electron chi connectivity index (χ4n) is 5.48. The van der Waals surface area contributed by atoms with Gasteiger partial charge in [-0.3, -0.25) is 9.59 Å². The molecule has 0 aromatic heterocycles. The topological polar surface area (TPSA) is 91.8 Å². The van der Waals surface area contributed by atoms with Crippen molar-refractivity contribution in [3.05, 3.63) is 69.5 Å². The summed E-state index contributed by atoms with van der Waals surface area (Å²) in [6.45, 7) is 3.39. The van der Waals surface area contributed by atoms with Crippen LogP contribution >= 0.6 is 23.2 Å². The lowest BCUT2D eigenvalue weighted by molar-refractivity contribution is -0.160. The zero-order valence-corrected chi connectivity index (χ0v) is 23.0. The SMILES string of the molecule is CC(CCS(=O)(=O)C1CC1)N1C(=O)C(C)(CC(=O)O)CC(c2cc(F)cc(Cl)c2)C1c1ccc(Cl)cc1. The highest BCUT2D eigenvalue weighted by atomic mass is 35.5. The third-order valence-electron chi connectivity index (χ3n) is 7.50. The Morgan fingerprint density at radius 1 is 1.14 bits per heavy atom. The normalized spacial score (nSPS) is 25.2. The Kier molecular flexibility index (Phi) is 7.94. The molecule has 1 amide bonds. The first-order valence-electron chi connectivity index (χ1n) is 12.3. The van der Waals surface area contributed by atoms with Crippen molar-refractivity contribution in [2.24, 2.45) is 5.41 Å². The van der Waals surface area contributed by atoms with Gasteiger partial charge in [0.25, 0.3) is 0 Å². The Bertz CT molecular complexity index is 1280. The summed E-state index contributed by atoms with van der Waals surface area (Å²) in [4.78, 5) is 27.5. The number of nitrogens with zero attached hydrogens (tertiary/aromatic N) is 1. The van der Waals surface area contributed by atoms with E-state index in [4.69, 9.17) is 23.2 Å². The number of carbonyl (C=O) groups excluding carboxylic acids is 1. The standard InChI is InChI=1S/C27H30Cl2FNO5S/c1-16(9-10-37(35,36)22-7-8-22)31-25(17-3-5-19(28)6-4-17)23(18-11-20(29)13-21(30)12-18)14-27(2,26(31)34)15-24(32)33/h3-6,11-13,16,22-23,25H,7-10,14-15H2,1-2H3,(H,32,33). The van der Waals surface area contributed by atoms with E-state index >= 15 is 0 Å². The second kappa shape index (κ2) is 10.5. The van der Waals surface area contributed by atoms with Gasteiger partial charge in [0, 0.05) is 22.0 Å². The first-order valence-corrected chi connectivity index (χ1v) is 14.8. The number of halogens is 3. The van der Waals surface area contributed by atoms with Crippen LogP contribution in [0.3, 0.4) is 0 Å². The highest BCUT2D eigenvalue weighted by molar-refractivity contribution is 7.92. The third-order valence-corrected chi connectivity index (χ3v) is 10.3. The number of carboxylic acids is 1. The predicted molar refractivity (Wildman–Crippen MR) is 141 cm³/mol. The average Bonchev–Trinajstić information content (AvgIpc) is 3.65. The minimum absolute atomic E-state index is 0.0674. The van der Waals surface area contributed by atoms with Gasteiger partial charge in [-0.25, -0.2) is 12.8 Å². The van der Waals surface area contributed by atoms with Crippen molar-refractivity contribution in [3.63, 3.8) is 0 Å². The molecule has 2 aromatic carbocycles. The number of aliphatic carboxylic acids is 1. The van der Waals surface area contributed by atoms with Crippen molar-refractivity contribution < 1.29 is 27.5 Å². The van der Waals surface area contributed by atoms with Gasteiger partial charge >= 0.3 is 5.97 Å². The number of hydrogen-bond acceptors (Lipinski definition) is 4. The number of amides is 1. The van der Waals surface area contributed by atoms with Crippen LogP contribution in [-0.4, -0.2) is 47.3 Å². The molecule has 4 atom stereocenters. The lowest BCUT2D eigenvalue weighted by atomic mass is 9.67.